The molecule has 0 saturated heterocycles. The molecular weight excluding hydrogens is 390 g/mol. The van der Waals surface area contributed by atoms with E-state index in [0.29, 0.717) is 21.8 Å². The van der Waals surface area contributed by atoms with Gasteiger partial charge in [-0.3, -0.25) is 9.59 Å². The first-order valence-electron chi connectivity index (χ1n) is 9.75. The Kier molecular flexibility index (Phi) is 6.87. The molecule has 0 spiro atoms. The van der Waals surface area contributed by atoms with E-state index < -0.39 is 24.4 Å². The average Bonchev–Trinajstić information content (AvgIpc) is 3.27. The van der Waals surface area contributed by atoms with Crippen LogP contribution < -0.4 is 16.4 Å². The largest absolute Gasteiger partial charge is 0.452 e. The van der Waals surface area contributed by atoms with Gasteiger partial charge < -0.3 is 21.1 Å². The van der Waals surface area contributed by atoms with E-state index in [0.717, 1.165) is 49.1 Å². The second kappa shape index (κ2) is 9.56. The van der Waals surface area contributed by atoms with E-state index in [1.165, 1.54) is 11.3 Å². The van der Waals surface area contributed by atoms with Crippen molar-refractivity contribution in [1.29, 1.82) is 0 Å². The molecule has 2 amide bonds. The molecule has 1 aliphatic carbocycles. The van der Waals surface area contributed by atoms with E-state index in [9.17, 15) is 14.4 Å². The Morgan fingerprint density at radius 1 is 1.21 bits per heavy atom. The summed E-state index contributed by atoms with van der Waals surface area (Å²) in [5.41, 5.74) is 7.87. The topological polar surface area (TPSA) is 111 Å². The van der Waals surface area contributed by atoms with E-state index in [1.807, 2.05) is 6.07 Å². The van der Waals surface area contributed by atoms with E-state index in [-0.39, 0.29) is 0 Å². The summed E-state index contributed by atoms with van der Waals surface area (Å²) in [6.07, 6.45) is 4.68. The predicted molar refractivity (Wildman–Crippen MR) is 114 cm³/mol. The zero-order valence-electron chi connectivity index (χ0n) is 16.4. The Bertz CT molecular complexity index is 923. The summed E-state index contributed by atoms with van der Waals surface area (Å²) in [7, 11) is 0. The maximum absolute atomic E-state index is 12.4. The molecule has 3 rings (SSSR count). The van der Waals surface area contributed by atoms with Gasteiger partial charge in [0.15, 0.2) is 6.61 Å². The van der Waals surface area contributed by atoms with Gasteiger partial charge in [0, 0.05) is 17.1 Å². The maximum atomic E-state index is 12.4. The molecule has 0 bridgehead atoms. The Balaban J connectivity index is 1.61. The molecule has 1 heterocycles. The monoisotopic (exact) mass is 415 g/mol. The van der Waals surface area contributed by atoms with Gasteiger partial charge >= 0.3 is 5.97 Å². The van der Waals surface area contributed by atoms with Gasteiger partial charge in [0.05, 0.1) is 11.1 Å². The Morgan fingerprint density at radius 2 is 2.00 bits per heavy atom. The fraction of sp³-hybridized carbons (Fsp3) is 0.381. The number of unbranched alkanes of at least 4 members (excludes halogenated alkanes) is 1. The summed E-state index contributed by atoms with van der Waals surface area (Å²) in [5, 5.41) is 6.32. The lowest BCUT2D eigenvalue weighted by atomic mass is 10.1. The minimum atomic E-state index is -0.580. The van der Waals surface area contributed by atoms with Crippen molar-refractivity contribution in [2.75, 3.05) is 23.8 Å². The van der Waals surface area contributed by atoms with Crippen LogP contribution in [0.5, 0.6) is 0 Å². The molecule has 0 fully saturated rings. The van der Waals surface area contributed by atoms with Gasteiger partial charge in [-0.15, -0.1) is 11.3 Å². The van der Waals surface area contributed by atoms with Gasteiger partial charge in [-0.05, 0) is 43.4 Å². The van der Waals surface area contributed by atoms with Crippen LogP contribution in [0, 0.1) is 0 Å². The number of fused-ring (bicyclic) bond motifs is 1. The molecule has 1 aromatic heterocycles. The third kappa shape index (κ3) is 4.95. The lowest BCUT2D eigenvalue weighted by Crippen LogP contribution is -2.23. The minimum Gasteiger partial charge on any atom is -0.452 e. The van der Waals surface area contributed by atoms with Crippen LogP contribution in [-0.2, 0) is 22.4 Å². The van der Waals surface area contributed by atoms with Crippen molar-refractivity contribution in [1.82, 2.24) is 0 Å². The number of rotatable bonds is 9. The number of carbonyl (C=O) groups excluding carboxylic acids is 3. The molecule has 154 valence electrons. The molecule has 1 aromatic carbocycles. The lowest BCUT2D eigenvalue weighted by Gasteiger charge is -2.11. The second-order valence-corrected chi connectivity index (χ2v) is 7.98. The molecule has 7 nitrogen and oxygen atoms in total. The van der Waals surface area contributed by atoms with Gasteiger partial charge in [-0.25, -0.2) is 4.79 Å². The minimum absolute atomic E-state index is 0.379. The highest BCUT2D eigenvalue weighted by Gasteiger charge is 2.26. The number of carbonyl (C=O) groups is 3. The van der Waals surface area contributed by atoms with Crippen LogP contribution in [0.1, 0.15) is 57.3 Å². The highest BCUT2D eigenvalue weighted by atomic mass is 32.1. The highest BCUT2D eigenvalue weighted by molar-refractivity contribution is 7.17. The number of amides is 2. The number of anilines is 2. The number of ether oxygens (including phenoxy) is 1. The standard InChI is InChI=1S/C21H25N3O4S/c1-2-3-11-23-15-9-5-4-7-13(15)21(27)28-12-17(25)24-20-18(19(22)26)14-8-6-10-16(14)29-20/h4-5,7,9,23H,2-3,6,8,10-12H2,1H3,(H2,22,26)(H,24,25). The van der Waals surface area contributed by atoms with Gasteiger partial charge in [-0.1, -0.05) is 25.5 Å². The maximum Gasteiger partial charge on any atom is 0.340 e. The number of nitrogens with two attached hydrogens (primary N) is 1. The number of nitrogens with one attached hydrogen (secondary N) is 2. The quantitative estimate of drug-likeness (QED) is 0.430. The molecule has 0 unspecified atom stereocenters. The Morgan fingerprint density at radius 3 is 2.76 bits per heavy atom. The van der Waals surface area contributed by atoms with Crippen molar-refractivity contribution in [3.63, 3.8) is 0 Å². The van der Waals surface area contributed by atoms with Crippen molar-refractivity contribution >= 4 is 39.8 Å². The molecule has 2 aromatic rings. The van der Waals surface area contributed by atoms with Gasteiger partial charge in [0.25, 0.3) is 11.8 Å². The highest BCUT2D eigenvalue weighted by Crippen LogP contribution is 2.38. The smallest absolute Gasteiger partial charge is 0.340 e. The molecule has 0 radical (unpaired) electrons. The van der Waals surface area contributed by atoms with Gasteiger partial charge in [0.1, 0.15) is 5.00 Å². The van der Waals surface area contributed by atoms with Crippen LogP contribution in [0.25, 0.3) is 0 Å². The fourth-order valence-corrected chi connectivity index (χ4v) is 4.65. The molecule has 8 heteroatoms. The first kappa shape index (κ1) is 20.9. The second-order valence-electron chi connectivity index (χ2n) is 6.88. The van der Waals surface area contributed by atoms with Gasteiger partial charge in [0.2, 0.25) is 0 Å². The number of para-hydroxylation sites is 1. The molecular formula is C21H25N3O4S. The van der Waals surface area contributed by atoms with Crippen LogP contribution in [-0.4, -0.2) is 30.9 Å². The summed E-state index contributed by atoms with van der Waals surface area (Å²) < 4.78 is 5.18. The summed E-state index contributed by atoms with van der Waals surface area (Å²) in [4.78, 5) is 37.6. The van der Waals surface area contributed by atoms with Crippen molar-refractivity contribution in [2.24, 2.45) is 5.73 Å². The molecule has 0 atom stereocenters. The number of hydrogen-bond donors (Lipinski definition) is 3. The molecule has 4 N–H and O–H groups in total. The molecule has 0 saturated carbocycles. The first-order valence-corrected chi connectivity index (χ1v) is 10.6. The van der Waals surface area contributed by atoms with Crippen LogP contribution in [0.3, 0.4) is 0 Å². The summed E-state index contributed by atoms with van der Waals surface area (Å²) >= 11 is 1.37. The summed E-state index contributed by atoms with van der Waals surface area (Å²) in [6, 6.07) is 7.04. The fourth-order valence-electron chi connectivity index (χ4n) is 3.34. The summed E-state index contributed by atoms with van der Waals surface area (Å²) in [5.74, 6) is -1.63. The van der Waals surface area contributed by atoms with E-state index >= 15 is 0 Å². The molecule has 29 heavy (non-hydrogen) atoms. The number of esters is 1. The first-order chi connectivity index (χ1) is 14.0. The number of thiophene rings is 1. The molecule has 1 aliphatic rings. The van der Waals surface area contributed by atoms with Crippen molar-refractivity contribution in [3.8, 4) is 0 Å². The van der Waals surface area contributed by atoms with Crippen molar-refractivity contribution in [2.45, 2.75) is 39.0 Å². The zero-order valence-corrected chi connectivity index (χ0v) is 17.2. The third-order valence-corrected chi connectivity index (χ3v) is 5.96. The number of benzene rings is 1. The summed E-state index contributed by atoms with van der Waals surface area (Å²) in [6.45, 7) is 2.40. The van der Waals surface area contributed by atoms with Crippen LogP contribution in [0.2, 0.25) is 0 Å². The van der Waals surface area contributed by atoms with E-state index in [2.05, 4.69) is 17.6 Å². The predicted octanol–water partition coefficient (Wildman–Crippen LogP) is 3.34. The normalized spacial score (nSPS) is 12.3. The van der Waals surface area contributed by atoms with Crippen molar-refractivity contribution in [3.05, 3.63) is 45.8 Å². The SMILES string of the molecule is CCCCNc1ccccc1C(=O)OCC(=O)Nc1sc2c(c1C(N)=O)CCC2. The number of aryl methyl sites for hydroxylation is 1. The number of hydrogen-bond acceptors (Lipinski definition) is 6. The third-order valence-electron chi connectivity index (χ3n) is 4.75. The molecule has 0 aliphatic heterocycles. The number of primary amides is 1. The Hall–Kier alpha value is -2.87. The van der Waals surface area contributed by atoms with Crippen LogP contribution >= 0.6 is 11.3 Å². The lowest BCUT2D eigenvalue weighted by molar-refractivity contribution is -0.119. The van der Waals surface area contributed by atoms with E-state index in [4.69, 9.17) is 10.5 Å². The Labute approximate surface area is 173 Å². The zero-order chi connectivity index (χ0) is 20.8. The van der Waals surface area contributed by atoms with Crippen LogP contribution in [0.4, 0.5) is 10.7 Å². The van der Waals surface area contributed by atoms with Crippen molar-refractivity contribution < 1.29 is 19.1 Å². The van der Waals surface area contributed by atoms with Gasteiger partial charge in [-0.2, -0.15) is 0 Å². The van der Waals surface area contributed by atoms with Crippen LogP contribution in [0.15, 0.2) is 24.3 Å². The van der Waals surface area contributed by atoms with E-state index in [1.54, 1.807) is 18.2 Å². The average molecular weight is 416 g/mol.